The molecule has 0 radical (unpaired) electrons. The topological polar surface area (TPSA) is 3.24 Å². The molecule has 1 heteroatoms. The Labute approximate surface area is 357 Å². The molecular weight excluding hydrogens is 735 g/mol. The normalized spacial score (nSPS) is 11.3. The zero-order chi connectivity index (χ0) is 40.5. The van der Waals surface area contributed by atoms with Crippen LogP contribution in [0.2, 0.25) is 0 Å². The third-order valence-electron chi connectivity index (χ3n) is 12.1. The van der Waals surface area contributed by atoms with Gasteiger partial charge in [0.05, 0.1) is 5.69 Å². The summed E-state index contributed by atoms with van der Waals surface area (Å²) in [6.45, 7) is 0. The average molecular weight is 776 g/mol. The Kier molecular flexibility index (Phi) is 9.26. The zero-order valence-corrected chi connectivity index (χ0v) is 33.6. The predicted octanol–water partition coefficient (Wildman–Crippen LogP) is 17.0. The first-order chi connectivity index (χ1) is 30.3. The van der Waals surface area contributed by atoms with E-state index in [9.17, 15) is 0 Å². The number of benzene rings is 11. The highest BCUT2D eigenvalue weighted by molar-refractivity contribution is 6.14. The minimum absolute atomic E-state index is 1.08. The van der Waals surface area contributed by atoms with Crippen LogP contribution >= 0.6 is 0 Å². The van der Waals surface area contributed by atoms with Crippen molar-refractivity contribution in [3.8, 4) is 55.6 Å². The van der Waals surface area contributed by atoms with Crippen LogP contribution in [-0.4, -0.2) is 0 Å². The van der Waals surface area contributed by atoms with Crippen LogP contribution in [0.5, 0.6) is 0 Å². The van der Waals surface area contributed by atoms with Crippen molar-refractivity contribution in [3.63, 3.8) is 0 Å². The van der Waals surface area contributed by atoms with Gasteiger partial charge in [0.1, 0.15) is 0 Å². The molecule has 0 amide bonds. The molecule has 0 spiro atoms. The van der Waals surface area contributed by atoms with E-state index in [4.69, 9.17) is 0 Å². The van der Waals surface area contributed by atoms with Crippen molar-refractivity contribution >= 4 is 49.4 Å². The molecule has 0 aromatic heterocycles. The highest BCUT2D eigenvalue weighted by atomic mass is 15.1. The lowest BCUT2D eigenvalue weighted by molar-refractivity contribution is 1.28. The first kappa shape index (κ1) is 36.1. The van der Waals surface area contributed by atoms with Gasteiger partial charge in [0.15, 0.2) is 0 Å². The Bertz CT molecular complexity index is 3340. The molecule has 0 aliphatic heterocycles. The Morgan fingerprint density at radius 2 is 0.738 bits per heavy atom. The number of hydrogen-bond acceptors (Lipinski definition) is 1. The summed E-state index contributed by atoms with van der Waals surface area (Å²) in [5.41, 5.74) is 15.1. The number of nitrogens with zero attached hydrogens (tertiary/aromatic N) is 1. The summed E-state index contributed by atoms with van der Waals surface area (Å²) in [7, 11) is 0. The van der Waals surface area contributed by atoms with Crippen LogP contribution in [0.25, 0.3) is 88.0 Å². The van der Waals surface area contributed by atoms with E-state index < -0.39 is 0 Å². The summed E-state index contributed by atoms with van der Waals surface area (Å²) in [5, 5.41) is 7.51. The molecule has 61 heavy (non-hydrogen) atoms. The molecule has 11 aromatic rings. The van der Waals surface area contributed by atoms with Crippen molar-refractivity contribution in [2.45, 2.75) is 0 Å². The van der Waals surface area contributed by atoms with E-state index in [1.54, 1.807) is 0 Å². The maximum absolute atomic E-state index is 2.46. The maximum Gasteiger partial charge on any atom is 0.0546 e. The van der Waals surface area contributed by atoms with E-state index >= 15 is 0 Å². The van der Waals surface area contributed by atoms with Gasteiger partial charge in [-0.1, -0.05) is 212 Å². The molecule has 11 aromatic carbocycles. The third-order valence-corrected chi connectivity index (χ3v) is 12.1. The van der Waals surface area contributed by atoms with Crippen molar-refractivity contribution in [3.05, 3.63) is 249 Å². The number of fused-ring (bicyclic) bond motifs is 4. The van der Waals surface area contributed by atoms with Gasteiger partial charge in [-0.3, -0.25) is 0 Å². The molecule has 0 saturated heterocycles. The second kappa shape index (κ2) is 15.6. The molecule has 11 rings (SSSR count). The van der Waals surface area contributed by atoms with E-state index in [0.29, 0.717) is 0 Å². The van der Waals surface area contributed by atoms with Gasteiger partial charge >= 0.3 is 0 Å². The second-order valence-corrected chi connectivity index (χ2v) is 15.6. The minimum atomic E-state index is 1.08. The molecule has 0 saturated carbocycles. The van der Waals surface area contributed by atoms with Gasteiger partial charge in [-0.15, -0.1) is 0 Å². The quantitative estimate of drug-likeness (QED) is 0.139. The molecule has 0 aliphatic rings. The van der Waals surface area contributed by atoms with E-state index in [2.05, 4.69) is 254 Å². The van der Waals surface area contributed by atoms with E-state index in [0.717, 1.165) is 17.1 Å². The standard InChI is InChI=1S/C60H41N/c1-3-18-42(19-4-1)51-28-11-14-32-57(51)60-54(44-20-5-2-6-21-44)34-17-35-59(60)61(49-26-15-25-46(40-49)52-33-16-24-43-22-7-9-27-50(43)52)48-38-36-45(37-39-48)58-41-47-23-8-10-29-53(47)55-30-12-13-31-56(55)58/h1-41H. The van der Waals surface area contributed by atoms with Crippen LogP contribution in [0, 0.1) is 0 Å². The molecule has 0 atom stereocenters. The lowest BCUT2D eigenvalue weighted by Crippen LogP contribution is -2.12. The van der Waals surface area contributed by atoms with Gasteiger partial charge in [0.25, 0.3) is 0 Å². The van der Waals surface area contributed by atoms with Gasteiger partial charge in [-0.2, -0.15) is 0 Å². The van der Waals surface area contributed by atoms with E-state index in [-0.39, 0.29) is 0 Å². The van der Waals surface area contributed by atoms with Gasteiger partial charge in [0, 0.05) is 16.9 Å². The summed E-state index contributed by atoms with van der Waals surface area (Å²) in [4.78, 5) is 2.46. The summed E-state index contributed by atoms with van der Waals surface area (Å²) in [5.74, 6) is 0. The van der Waals surface area contributed by atoms with Crippen LogP contribution in [0.3, 0.4) is 0 Å². The number of rotatable bonds is 8. The first-order valence-corrected chi connectivity index (χ1v) is 21.0. The van der Waals surface area contributed by atoms with Crippen molar-refractivity contribution in [1.82, 2.24) is 0 Å². The second-order valence-electron chi connectivity index (χ2n) is 15.6. The van der Waals surface area contributed by atoms with Crippen molar-refractivity contribution in [2.24, 2.45) is 0 Å². The van der Waals surface area contributed by atoms with Crippen molar-refractivity contribution < 1.29 is 0 Å². The lowest BCUT2D eigenvalue weighted by Gasteiger charge is -2.30. The molecule has 286 valence electrons. The molecule has 0 bridgehead atoms. The monoisotopic (exact) mass is 775 g/mol. The first-order valence-electron chi connectivity index (χ1n) is 21.0. The summed E-state index contributed by atoms with van der Waals surface area (Å²) < 4.78 is 0. The van der Waals surface area contributed by atoms with Crippen LogP contribution in [0.1, 0.15) is 0 Å². The largest absolute Gasteiger partial charge is 0.310 e. The number of hydrogen-bond donors (Lipinski definition) is 0. The lowest BCUT2D eigenvalue weighted by atomic mass is 9.87. The Balaban J connectivity index is 1.16. The Morgan fingerprint density at radius 1 is 0.230 bits per heavy atom. The van der Waals surface area contributed by atoms with E-state index in [1.807, 2.05) is 0 Å². The summed E-state index contributed by atoms with van der Waals surface area (Å²) in [6, 6.07) is 90.6. The number of anilines is 3. The van der Waals surface area contributed by atoms with Crippen LogP contribution in [0.4, 0.5) is 17.1 Å². The predicted molar refractivity (Wildman–Crippen MR) is 261 cm³/mol. The van der Waals surface area contributed by atoms with Gasteiger partial charge in [0.2, 0.25) is 0 Å². The fraction of sp³-hybridized carbons (Fsp3) is 0. The van der Waals surface area contributed by atoms with Gasteiger partial charge in [-0.05, 0) is 119 Å². The fourth-order valence-corrected chi connectivity index (χ4v) is 9.24. The zero-order valence-electron chi connectivity index (χ0n) is 33.6. The highest BCUT2D eigenvalue weighted by Gasteiger charge is 2.23. The van der Waals surface area contributed by atoms with Crippen molar-refractivity contribution in [2.75, 3.05) is 4.90 Å². The molecule has 0 N–H and O–H groups in total. The van der Waals surface area contributed by atoms with E-state index in [1.165, 1.54) is 88.0 Å². The third kappa shape index (κ3) is 6.63. The minimum Gasteiger partial charge on any atom is -0.310 e. The molecule has 0 aliphatic carbocycles. The van der Waals surface area contributed by atoms with Gasteiger partial charge < -0.3 is 4.90 Å². The molecule has 0 unspecified atom stereocenters. The Hall–Kier alpha value is -8.00. The van der Waals surface area contributed by atoms with Crippen LogP contribution < -0.4 is 4.90 Å². The smallest absolute Gasteiger partial charge is 0.0546 e. The molecule has 1 nitrogen and oxygen atoms in total. The summed E-state index contributed by atoms with van der Waals surface area (Å²) >= 11 is 0. The van der Waals surface area contributed by atoms with Gasteiger partial charge in [-0.25, -0.2) is 0 Å². The Morgan fingerprint density at radius 3 is 1.51 bits per heavy atom. The van der Waals surface area contributed by atoms with Crippen LogP contribution in [-0.2, 0) is 0 Å². The van der Waals surface area contributed by atoms with Crippen LogP contribution in [0.15, 0.2) is 249 Å². The molecular formula is C60H41N. The maximum atomic E-state index is 2.46. The SMILES string of the molecule is c1ccc(-c2ccccc2-c2c(-c3ccccc3)cccc2N(c2ccc(-c3cc4ccccc4c4ccccc34)cc2)c2cccc(-c3cccc4ccccc34)c2)cc1. The summed E-state index contributed by atoms with van der Waals surface area (Å²) in [6.07, 6.45) is 0. The molecule has 0 heterocycles. The highest BCUT2D eigenvalue weighted by Crippen LogP contribution is 2.49. The fourth-order valence-electron chi connectivity index (χ4n) is 9.24. The van der Waals surface area contributed by atoms with Crippen molar-refractivity contribution in [1.29, 1.82) is 0 Å². The average Bonchev–Trinajstić information content (AvgIpc) is 3.34. The molecule has 0 fully saturated rings.